The van der Waals surface area contributed by atoms with E-state index >= 15 is 0 Å². The molecule has 6 nitrogen and oxygen atoms in total. The topological polar surface area (TPSA) is 71.5 Å². The summed E-state index contributed by atoms with van der Waals surface area (Å²) in [5, 5.41) is 2.85. The number of carbonyl (C=O) groups is 2. The predicted octanol–water partition coefficient (Wildman–Crippen LogP) is 3.34. The molecule has 29 heavy (non-hydrogen) atoms. The number of para-hydroxylation sites is 1. The lowest BCUT2D eigenvalue weighted by atomic mass is 10.1. The number of pyridine rings is 1. The fourth-order valence-corrected chi connectivity index (χ4v) is 2.85. The van der Waals surface area contributed by atoms with Crippen molar-refractivity contribution in [3.8, 4) is 5.75 Å². The molecule has 148 valence electrons. The Labute approximate surface area is 170 Å². The SMILES string of the molecule is COc1ccc(CCNC(=O)c2cc(C(=O)N(C)c3ccccc3)ccn2)cc1. The van der Waals surface area contributed by atoms with Crippen LogP contribution in [0.25, 0.3) is 0 Å². The molecule has 1 aromatic heterocycles. The van der Waals surface area contributed by atoms with Gasteiger partial charge in [-0.25, -0.2) is 0 Å². The molecule has 3 rings (SSSR count). The van der Waals surface area contributed by atoms with Gasteiger partial charge in [-0.3, -0.25) is 14.6 Å². The molecule has 0 spiro atoms. The van der Waals surface area contributed by atoms with Crippen molar-refractivity contribution in [1.29, 1.82) is 0 Å². The number of benzene rings is 2. The molecule has 0 unspecified atom stereocenters. The van der Waals surface area contributed by atoms with Crippen molar-refractivity contribution < 1.29 is 14.3 Å². The van der Waals surface area contributed by atoms with Crippen LogP contribution in [-0.4, -0.2) is 37.5 Å². The number of aromatic nitrogens is 1. The van der Waals surface area contributed by atoms with E-state index < -0.39 is 0 Å². The summed E-state index contributed by atoms with van der Waals surface area (Å²) in [4.78, 5) is 30.8. The van der Waals surface area contributed by atoms with Gasteiger partial charge in [-0.1, -0.05) is 30.3 Å². The second-order valence-corrected chi connectivity index (χ2v) is 6.48. The maximum atomic E-state index is 12.7. The van der Waals surface area contributed by atoms with Gasteiger partial charge in [-0.05, 0) is 48.4 Å². The standard InChI is InChI=1S/C23H23N3O3/c1-26(19-6-4-3-5-7-19)23(28)18-13-15-24-21(16-18)22(27)25-14-12-17-8-10-20(29-2)11-9-17/h3-11,13,15-16H,12,14H2,1-2H3,(H,25,27). The first-order valence-corrected chi connectivity index (χ1v) is 9.29. The highest BCUT2D eigenvalue weighted by Gasteiger charge is 2.16. The van der Waals surface area contributed by atoms with Crippen molar-refractivity contribution >= 4 is 17.5 Å². The molecule has 0 aliphatic rings. The van der Waals surface area contributed by atoms with Gasteiger partial charge in [0.25, 0.3) is 11.8 Å². The molecular formula is C23H23N3O3. The maximum Gasteiger partial charge on any atom is 0.269 e. The van der Waals surface area contributed by atoms with Crippen LogP contribution in [0.5, 0.6) is 5.75 Å². The zero-order valence-electron chi connectivity index (χ0n) is 16.5. The van der Waals surface area contributed by atoms with Crippen LogP contribution in [0, 0.1) is 0 Å². The first-order chi connectivity index (χ1) is 14.1. The number of methoxy groups -OCH3 is 1. The zero-order chi connectivity index (χ0) is 20.6. The van der Waals surface area contributed by atoms with Gasteiger partial charge in [0.05, 0.1) is 7.11 Å². The minimum absolute atomic E-state index is 0.203. The molecule has 0 fully saturated rings. The van der Waals surface area contributed by atoms with E-state index in [2.05, 4.69) is 10.3 Å². The molecule has 2 aromatic carbocycles. The van der Waals surface area contributed by atoms with E-state index in [1.54, 1.807) is 25.1 Å². The van der Waals surface area contributed by atoms with Crippen LogP contribution in [0.1, 0.15) is 26.4 Å². The summed E-state index contributed by atoms with van der Waals surface area (Å²) in [6.45, 7) is 0.467. The third-order valence-corrected chi connectivity index (χ3v) is 4.55. The van der Waals surface area contributed by atoms with Gasteiger partial charge >= 0.3 is 0 Å². The first-order valence-electron chi connectivity index (χ1n) is 9.29. The third kappa shape index (κ3) is 5.19. The Morgan fingerprint density at radius 3 is 2.45 bits per heavy atom. The van der Waals surface area contributed by atoms with E-state index in [0.29, 0.717) is 18.5 Å². The van der Waals surface area contributed by atoms with Crippen LogP contribution >= 0.6 is 0 Å². The monoisotopic (exact) mass is 389 g/mol. The number of nitrogens with zero attached hydrogens (tertiary/aromatic N) is 2. The smallest absolute Gasteiger partial charge is 0.269 e. The van der Waals surface area contributed by atoms with Gasteiger partial charge < -0.3 is 15.0 Å². The first kappa shape index (κ1) is 20.1. The molecular weight excluding hydrogens is 366 g/mol. The van der Waals surface area contributed by atoms with Crippen molar-refractivity contribution in [2.24, 2.45) is 0 Å². The largest absolute Gasteiger partial charge is 0.497 e. The van der Waals surface area contributed by atoms with Gasteiger partial charge in [-0.2, -0.15) is 0 Å². The second kappa shape index (κ2) is 9.50. The highest BCUT2D eigenvalue weighted by molar-refractivity contribution is 6.06. The number of anilines is 1. The highest BCUT2D eigenvalue weighted by atomic mass is 16.5. The zero-order valence-corrected chi connectivity index (χ0v) is 16.5. The lowest BCUT2D eigenvalue weighted by molar-refractivity contribution is 0.0949. The molecule has 0 aliphatic heterocycles. The normalized spacial score (nSPS) is 10.3. The van der Waals surface area contributed by atoms with E-state index in [-0.39, 0.29) is 17.5 Å². The van der Waals surface area contributed by atoms with E-state index in [1.807, 2.05) is 54.6 Å². The van der Waals surface area contributed by atoms with E-state index in [0.717, 1.165) is 17.0 Å². The summed E-state index contributed by atoms with van der Waals surface area (Å²) < 4.78 is 5.14. The lowest BCUT2D eigenvalue weighted by Gasteiger charge is -2.17. The number of nitrogens with one attached hydrogen (secondary N) is 1. The molecule has 0 aliphatic carbocycles. The molecule has 0 bridgehead atoms. The Hall–Kier alpha value is -3.67. The van der Waals surface area contributed by atoms with Gasteiger partial charge in [0.1, 0.15) is 11.4 Å². The molecule has 0 saturated carbocycles. The van der Waals surface area contributed by atoms with Crippen LogP contribution in [0.2, 0.25) is 0 Å². The van der Waals surface area contributed by atoms with Gasteiger partial charge in [0.15, 0.2) is 0 Å². The fraction of sp³-hybridized carbons (Fsp3) is 0.174. The highest BCUT2D eigenvalue weighted by Crippen LogP contribution is 2.15. The third-order valence-electron chi connectivity index (χ3n) is 4.55. The van der Waals surface area contributed by atoms with Gasteiger partial charge in [0.2, 0.25) is 0 Å². The average molecular weight is 389 g/mol. The van der Waals surface area contributed by atoms with Gasteiger partial charge in [0, 0.05) is 31.0 Å². The van der Waals surface area contributed by atoms with Crippen LogP contribution in [0.15, 0.2) is 72.9 Å². The van der Waals surface area contributed by atoms with Crippen LogP contribution in [0.3, 0.4) is 0 Å². The molecule has 1 N–H and O–H groups in total. The van der Waals surface area contributed by atoms with Gasteiger partial charge in [-0.15, -0.1) is 0 Å². The number of hydrogen-bond acceptors (Lipinski definition) is 4. The van der Waals surface area contributed by atoms with Crippen LogP contribution in [0.4, 0.5) is 5.69 Å². The Kier molecular flexibility index (Phi) is 6.58. The molecule has 0 radical (unpaired) electrons. The summed E-state index contributed by atoms with van der Waals surface area (Å²) in [6, 6.07) is 20.2. The van der Waals surface area contributed by atoms with Crippen LogP contribution < -0.4 is 15.0 Å². The Balaban J connectivity index is 1.60. The number of amides is 2. The summed E-state index contributed by atoms with van der Waals surface area (Å²) in [6.07, 6.45) is 2.16. The van der Waals surface area contributed by atoms with Crippen molar-refractivity contribution in [3.63, 3.8) is 0 Å². The van der Waals surface area contributed by atoms with E-state index in [4.69, 9.17) is 4.74 Å². The molecule has 0 saturated heterocycles. The van der Waals surface area contributed by atoms with E-state index in [1.165, 1.54) is 12.3 Å². The summed E-state index contributed by atoms with van der Waals surface area (Å²) in [5.41, 5.74) is 2.49. The maximum absolute atomic E-state index is 12.7. The Bertz CT molecular complexity index is 972. The fourth-order valence-electron chi connectivity index (χ4n) is 2.85. The predicted molar refractivity (Wildman–Crippen MR) is 112 cm³/mol. The number of rotatable bonds is 7. The Morgan fingerprint density at radius 2 is 1.76 bits per heavy atom. The summed E-state index contributed by atoms with van der Waals surface area (Å²) >= 11 is 0. The van der Waals surface area contributed by atoms with Crippen molar-refractivity contribution in [2.75, 3.05) is 25.6 Å². The summed E-state index contributed by atoms with van der Waals surface area (Å²) in [7, 11) is 3.32. The quantitative estimate of drug-likeness (QED) is 0.673. The molecule has 6 heteroatoms. The minimum Gasteiger partial charge on any atom is -0.497 e. The average Bonchev–Trinajstić information content (AvgIpc) is 2.79. The van der Waals surface area contributed by atoms with Crippen molar-refractivity contribution in [3.05, 3.63) is 89.7 Å². The second-order valence-electron chi connectivity index (χ2n) is 6.48. The number of carbonyl (C=O) groups excluding carboxylic acids is 2. The van der Waals surface area contributed by atoms with Crippen molar-refractivity contribution in [1.82, 2.24) is 10.3 Å². The lowest BCUT2D eigenvalue weighted by Crippen LogP contribution is -2.28. The number of ether oxygens (including phenoxy) is 1. The minimum atomic E-state index is -0.310. The summed E-state index contributed by atoms with van der Waals surface area (Å²) in [5.74, 6) is 0.283. The molecule has 0 atom stereocenters. The van der Waals surface area contributed by atoms with Crippen LogP contribution in [-0.2, 0) is 6.42 Å². The Morgan fingerprint density at radius 1 is 1.03 bits per heavy atom. The number of hydrogen-bond donors (Lipinski definition) is 1. The van der Waals surface area contributed by atoms with E-state index in [9.17, 15) is 9.59 Å². The molecule has 2 amide bonds. The molecule has 3 aromatic rings. The molecule has 1 heterocycles. The van der Waals surface area contributed by atoms with Crippen molar-refractivity contribution in [2.45, 2.75) is 6.42 Å².